The average molecular weight is 297 g/mol. The van der Waals surface area contributed by atoms with Crippen LogP contribution in [0.5, 0.6) is 5.75 Å². The number of nitrogens with zero attached hydrogens (tertiary/aromatic N) is 1. The highest BCUT2D eigenvalue weighted by atomic mass is 16.5. The van der Waals surface area contributed by atoms with Gasteiger partial charge in [0.15, 0.2) is 0 Å². The maximum absolute atomic E-state index is 12.1. The number of amides is 1. The molecule has 0 atom stereocenters. The first-order valence-corrected chi connectivity index (χ1v) is 7.32. The van der Waals surface area contributed by atoms with Crippen molar-refractivity contribution in [1.29, 1.82) is 0 Å². The molecule has 1 aliphatic rings. The number of methoxy groups -OCH3 is 1. The van der Waals surface area contributed by atoms with Crippen molar-refractivity contribution in [2.24, 2.45) is 5.73 Å². The largest absolute Gasteiger partial charge is 0.497 e. The fourth-order valence-electron chi connectivity index (χ4n) is 2.52. The highest BCUT2D eigenvalue weighted by Crippen LogP contribution is 2.22. The molecule has 114 valence electrons. The summed E-state index contributed by atoms with van der Waals surface area (Å²) in [5.41, 5.74) is 8.14. The second-order valence-corrected chi connectivity index (χ2v) is 5.56. The minimum absolute atomic E-state index is 0.141. The Hall–Kier alpha value is -2.40. The summed E-state index contributed by atoms with van der Waals surface area (Å²) in [6.45, 7) is 0. The maximum atomic E-state index is 12.1. The Balaban J connectivity index is 1.67. The number of carbonyl (C=O) groups excluding carboxylic acids is 1. The van der Waals surface area contributed by atoms with Crippen LogP contribution in [0.3, 0.4) is 0 Å². The Kier molecular flexibility index (Phi) is 4.06. The molecule has 5 heteroatoms. The van der Waals surface area contributed by atoms with Gasteiger partial charge in [-0.05, 0) is 36.6 Å². The molecule has 0 unspecified atom stereocenters. The van der Waals surface area contributed by atoms with Gasteiger partial charge in [0.05, 0.1) is 7.11 Å². The minimum Gasteiger partial charge on any atom is -0.497 e. The zero-order valence-electron chi connectivity index (χ0n) is 12.5. The van der Waals surface area contributed by atoms with Crippen LogP contribution in [-0.4, -0.2) is 30.1 Å². The van der Waals surface area contributed by atoms with Gasteiger partial charge in [-0.15, -0.1) is 0 Å². The number of ether oxygens (including phenoxy) is 1. The molecule has 1 heterocycles. The van der Waals surface area contributed by atoms with E-state index in [4.69, 9.17) is 10.5 Å². The van der Waals surface area contributed by atoms with E-state index >= 15 is 0 Å². The molecular formula is C17H19N3O2. The van der Waals surface area contributed by atoms with E-state index in [2.05, 4.69) is 10.3 Å². The van der Waals surface area contributed by atoms with Crippen LogP contribution < -0.4 is 15.8 Å². The minimum atomic E-state index is -0.141. The summed E-state index contributed by atoms with van der Waals surface area (Å²) in [6, 6.07) is 11.8. The Morgan fingerprint density at radius 3 is 2.41 bits per heavy atom. The Morgan fingerprint density at radius 2 is 1.86 bits per heavy atom. The smallest absolute Gasteiger partial charge is 0.270 e. The molecule has 1 aromatic heterocycles. The van der Waals surface area contributed by atoms with E-state index in [0.717, 1.165) is 29.7 Å². The molecule has 0 saturated heterocycles. The Labute approximate surface area is 129 Å². The summed E-state index contributed by atoms with van der Waals surface area (Å²) in [4.78, 5) is 16.3. The van der Waals surface area contributed by atoms with E-state index < -0.39 is 0 Å². The van der Waals surface area contributed by atoms with Crippen LogP contribution in [0.1, 0.15) is 23.3 Å². The third kappa shape index (κ3) is 3.09. The normalized spacial score (nSPS) is 20.1. The number of hydrogen-bond donors (Lipinski definition) is 2. The molecule has 0 radical (unpaired) electrons. The van der Waals surface area contributed by atoms with Crippen molar-refractivity contribution in [2.45, 2.75) is 24.9 Å². The molecule has 2 aromatic rings. The van der Waals surface area contributed by atoms with Crippen LogP contribution in [0, 0.1) is 0 Å². The molecule has 1 fully saturated rings. The quantitative estimate of drug-likeness (QED) is 0.904. The van der Waals surface area contributed by atoms with Gasteiger partial charge in [0.2, 0.25) is 0 Å². The number of benzene rings is 1. The third-order valence-electron chi connectivity index (χ3n) is 3.93. The van der Waals surface area contributed by atoms with Gasteiger partial charge in [-0.3, -0.25) is 9.78 Å². The van der Waals surface area contributed by atoms with Crippen molar-refractivity contribution in [3.8, 4) is 16.9 Å². The van der Waals surface area contributed by atoms with Crippen molar-refractivity contribution in [1.82, 2.24) is 10.3 Å². The molecule has 3 rings (SSSR count). The maximum Gasteiger partial charge on any atom is 0.270 e. The summed E-state index contributed by atoms with van der Waals surface area (Å²) in [6.07, 6.45) is 3.40. The summed E-state index contributed by atoms with van der Waals surface area (Å²) >= 11 is 0. The van der Waals surface area contributed by atoms with Gasteiger partial charge in [-0.2, -0.15) is 0 Å². The molecule has 1 amide bonds. The first kappa shape index (κ1) is 14.5. The molecule has 5 nitrogen and oxygen atoms in total. The monoisotopic (exact) mass is 297 g/mol. The average Bonchev–Trinajstić information content (AvgIpc) is 2.53. The van der Waals surface area contributed by atoms with Crippen molar-refractivity contribution in [2.75, 3.05) is 7.11 Å². The summed E-state index contributed by atoms with van der Waals surface area (Å²) in [5.74, 6) is 0.671. The van der Waals surface area contributed by atoms with E-state index in [1.807, 2.05) is 30.3 Å². The number of rotatable bonds is 4. The first-order valence-electron chi connectivity index (χ1n) is 7.32. The van der Waals surface area contributed by atoms with E-state index in [9.17, 15) is 4.79 Å². The van der Waals surface area contributed by atoms with Crippen molar-refractivity contribution < 1.29 is 9.53 Å². The SMILES string of the molecule is COc1ccc(-c2ccc(C(=O)NC3CC(N)C3)nc2)cc1. The number of nitrogens with one attached hydrogen (secondary N) is 1. The van der Waals surface area contributed by atoms with Crippen molar-refractivity contribution in [3.05, 3.63) is 48.3 Å². The molecule has 1 aliphatic carbocycles. The van der Waals surface area contributed by atoms with Gasteiger partial charge in [-0.1, -0.05) is 18.2 Å². The lowest BCUT2D eigenvalue weighted by molar-refractivity contribution is 0.0905. The molecule has 0 spiro atoms. The zero-order chi connectivity index (χ0) is 15.5. The summed E-state index contributed by atoms with van der Waals surface area (Å²) in [7, 11) is 1.64. The van der Waals surface area contributed by atoms with Crippen LogP contribution >= 0.6 is 0 Å². The second-order valence-electron chi connectivity index (χ2n) is 5.56. The molecule has 0 aliphatic heterocycles. The number of aromatic nitrogens is 1. The lowest BCUT2D eigenvalue weighted by Gasteiger charge is -2.32. The van der Waals surface area contributed by atoms with E-state index in [1.165, 1.54) is 0 Å². The van der Waals surface area contributed by atoms with Gasteiger partial charge < -0.3 is 15.8 Å². The van der Waals surface area contributed by atoms with Crippen LogP contribution in [0.4, 0.5) is 0 Å². The summed E-state index contributed by atoms with van der Waals surface area (Å²) < 4.78 is 5.14. The first-order chi connectivity index (χ1) is 10.7. The fraction of sp³-hybridized carbons (Fsp3) is 0.294. The van der Waals surface area contributed by atoms with Gasteiger partial charge in [0, 0.05) is 23.8 Å². The van der Waals surface area contributed by atoms with Gasteiger partial charge in [0.1, 0.15) is 11.4 Å². The summed E-state index contributed by atoms with van der Waals surface area (Å²) in [5, 5.41) is 2.94. The molecule has 1 aromatic carbocycles. The lowest BCUT2D eigenvalue weighted by Crippen LogP contribution is -2.50. The number of nitrogens with two attached hydrogens (primary N) is 1. The van der Waals surface area contributed by atoms with E-state index in [0.29, 0.717) is 5.69 Å². The highest BCUT2D eigenvalue weighted by molar-refractivity contribution is 5.92. The molecule has 3 N–H and O–H groups in total. The van der Waals surface area contributed by atoms with Crippen molar-refractivity contribution in [3.63, 3.8) is 0 Å². The lowest BCUT2D eigenvalue weighted by atomic mass is 9.87. The number of pyridine rings is 1. The Bertz CT molecular complexity index is 647. The molecule has 0 bridgehead atoms. The highest BCUT2D eigenvalue weighted by Gasteiger charge is 2.27. The van der Waals surface area contributed by atoms with E-state index in [1.54, 1.807) is 19.4 Å². The molecular weight excluding hydrogens is 278 g/mol. The molecule has 1 saturated carbocycles. The van der Waals surface area contributed by atoms with Gasteiger partial charge >= 0.3 is 0 Å². The van der Waals surface area contributed by atoms with Crippen LogP contribution in [0.25, 0.3) is 11.1 Å². The van der Waals surface area contributed by atoms with Crippen LogP contribution in [0.15, 0.2) is 42.6 Å². The van der Waals surface area contributed by atoms with Gasteiger partial charge in [-0.25, -0.2) is 0 Å². The second kappa shape index (κ2) is 6.15. The molecule has 22 heavy (non-hydrogen) atoms. The third-order valence-corrected chi connectivity index (χ3v) is 3.93. The predicted octanol–water partition coefficient (Wildman–Crippen LogP) is 1.98. The zero-order valence-corrected chi connectivity index (χ0v) is 12.5. The fourth-order valence-corrected chi connectivity index (χ4v) is 2.52. The Morgan fingerprint density at radius 1 is 1.18 bits per heavy atom. The van der Waals surface area contributed by atoms with Crippen LogP contribution in [0.2, 0.25) is 0 Å². The predicted molar refractivity (Wildman–Crippen MR) is 84.7 cm³/mol. The number of carbonyl (C=O) groups is 1. The van der Waals surface area contributed by atoms with Gasteiger partial charge in [0.25, 0.3) is 5.91 Å². The number of hydrogen-bond acceptors (Lipinski definition) is 4. The van der Waals surface area contributed by atoms with Crippen LogP contribution in [-0.2, 0) is 0 Å². The standard InChI is InChI=1S/C17H19N3O2/c1-22-15-5-2-11(3-6-15)12-4-7-16(19-10-12)17(21)20-14-8-13(18)9-14/h2-7,10,13-14H,8-9,18H2,1H3,(H,20,21). The van der Waals surface area contributed by atoms with Crippen molar-refractivity contribution >= 4 is 5.91 Å². The van der Waals surface area contributed by atoms with E-state index in [-0.39, 0.29) is 18.0 Å². The topological polar surface area (TPSA) is 77.2 Å².